The molecule has 3 aliphatic heterocycles. The van der Waals surface area contributed by atoms with Crippen LogP contribution >= 0.6 is 0 Å². The summed E-state index contributed by atoms with van der Waals surface area (Å²) in [4.78, 5) is 79.3. The Morgan fingerprint density at radius 2 is 1.49 bits per heavy atom. The zero-order chi connectivity index (χ0) is 53.9. The van der Waals surface area contributed by atoms with Crippen LogP contribution in [0.3, 0.4) is 0 Å². The minimum atomic E-state index is -0.618. The lowest BCUT2D eigenvalue weighted by Gasteiger charge is -2.36. The highest BCUT2D eigenvalue weighted by Crippen LogP contribution is 2.32. The number of amides is 5. The number of hydrogen-bond donors (Lipinski definition) is 2. The fourth-order valence-electron chi connectivity index (χ4n) is 9.74. The molecule has 5 aromatic rings. The van der Waals surface area contributed by atoms with Crippen molar-refractivity contribution in [2.75, 3.05) is 89.7 Å². The zero-order valence-electron chi connectivity index (χ0n) is 44.7. The summed E-state index contributed by atoms with van der Waals surface area (Å²) in [5.74, 6) is 1.45. The second-order valence-corrected chi connectivity index (χ2v) is 19.7. The lowest BCUT2D eigenvalue weighted by Crippen LogP contribution is -2.53. The third-order valence-electron chi connectivity index (χ3n) is 14.3. The summed E-state index contributed by atoms with van der Waals surface area (Å²) < 4.78 is 25.1. The number of nitrogens with zero attached hydrogens (tertiary/aromatic N) is 9. The van der Waals surface area contributed by atoms with Gasteiger partial charge in [-0.3, -0.25) is 28.9 Å². The van der Waals surface area contributed by atoms with Gasteiger partial charge in [0.25, 0.3) is 17.7 Å². The predicted octanol–water partition coefficient (Wildman–Crippen LogP) is 6.38. The van der Waals surface area contributed by atoms with Gasteiger partial charge in [-0.1, -0.05) is 31.0 Å². The molecule has 0 aliphatic carbocycles. The summed E-state index contributed by atoms with van der Waals surface area (Å²) in [6.45, 7) is 9.50. The van der Waals surface area contributed by atoms with Crippen molar-refractivity contribution < 1.29 is 42.9 Å². The molecule has 20 nitrogen and oxygen atoms in total. The van der Waals surface area contributed by atoms with Gasteiger partial charge in [0.15, 0.2) is 11.6 Å². The molecule has 20 heteroatoms. The summed E-state index contributed by atoms with van der Waals surface area (Å²) in [5.41, 5.74) is 5.48. The van der Waals surface area contributed by atoms with Crippen molar-refractivity contribution in [1.82, 2.24) is 44.7 Å². The highest BCUT2D eigenvalue weighted by molar-refractivity contribution is 6.05. The predicted molar refractivity (Wildman–Crippen MR) is 289 cm³/mol. The van der Waals surface area contributed by atoms with Crippen molar-refractivity contribution in [3.63, 3.8) is 0 Å². The summed E-state index contributed by atoms with van der Waals surface area (Å²) in [6.07, 6.45) is 10.9. The first-order valence-corrected chi connectivity index (χ1v) is 27.1. The molecule has 3 aromatic carbocycles. The Morgan fingerprint density at radius 1 is 0.766 bits per heavy atom. The van der Waals surface area contributed by atoms with Gasteiger partial charge < -0.3 is 48.8 Å². The number of imide groups is 1. The Labute approximate surface area is 450 Å². The molecule has 2 aromatic heterocycles. The largest absolute Gasteiger partial charge is 0.494 e. The number of carbonyl (C=O) groups excluding carboxylic acids is 5. The SMILES string of the molecule is CC(NC(=O)c1cccc(NCc2nnc(-c3ccncn3)n2C)c1)c1cccc(OCCCCCCOCCOCCOCCCCCC(=O)N2CCN(c3ccc4c(c3)CN(C3CCC(=O)N(C)C3=O)C4=O)CC2)c1. The first-order valence-electron chi connectivity index (χ1n) is 27.1. The number of ether oxygens (including phenoxy) is 4. The molecule has 2 atom stereocenters. The van der Waals surface area contributed by atoms with Crippen LogP contribution in [0.4, 0.5) is 11.4 Å². The molecular formula is C57H73N11O9. The molecule has 2 unspecified atom stereocenters. The maximum Gasteiger partial charge on any atom is 0.255 e. The molecular weight excluding hydrogens is 983 g/mol. The van der Waals surface area contributed by atoms with Crippen LogP contribution in [0.15, 0.2) is 85.3 Å². The molecule has 3 aliphatic rings. The number of piperazine rings is 1. The minimum absolute atomic E-state index is 0.167. The number of rotatable bonds is 29. The standard InChI is InChI=1S/C57H73N11O9/c1-41(61-55(71)43-14-11-15-45(35-43)59-38-51-62-63-54(64(51)2)49-22-23-58-40-60-49)42-13-12-16-47(37-42)77-30-10-5-4-8-28-74-31-33-76-34-32-75-29-9-6-7-17-53(70)67-26-24-66(25-27-67)46-18-19-48-44(36-46)39-68(56(48)72)50-20-21-52(69)65(3)57(50)73/h11-16,18-19,22-23,35-37,40-41,50,59H,4-10,17,20-21,24-34,38-39H2,1-3H3,(H,61,71). The number of benzene rings is 3. The number of anilines is 2. The van der Waals surface area contributed by atoms with Gasteiger partial charge >= 0.3 is 0 Å². The smallest absolute Gasteiger partial charge is 0.255 e. The molecule has 410 valence electrons. The first kappa shape index (κ1) is 55.9. The van der Waals surface area contributed by atoms with Gasteiger partial charge in [-0.05, 0) is 111 Å². The van der Waals surface area contributed by atoms with E-state index in [1.807, 2.05) is 84.1 Å². The number of fused-ring (bicyclic) bond motifs is 1. The fraction of sp³-hybridized carbons (Fsp3) is 0.491. The first-order chi connectivity index (χ1) is 37.5. The number of aromatic nitrogens is 5. The average Bonchev–Trinajstić information content (AvgIpc) is 4.04. The Kier molecular flexibility index (Phi) is 20.5. The second kappa shape index (κ2) is 28.2. The monoisotopic (exact) mass is 1060 g/mol. The molecule has 2 N–H and O–H groups in total. The van der Waals surface area contributed by atoms with E-state index in [4.69, 9.17) is 18.9 Å². The van der Waals surface area contributed by atoms with Gasteiger partial charge in [0.05, 0.1) is 45.6 Å². The average molecular weight is 1060 g/mol. The molecule has 5 heterocycles. The third kappa shape index (κ3) is 15.4. The van der Waals surface area contributed by atoms with Crippen LogP contribution in [0.2, 0.25) is 0 Å². The highest BCUT2D eigenvalue weighted by Gasteiger charge is 2.41. The fourth-order valence-corrected chi connectivity index (χ4v) is 9.74. The Hall–Kier alpha value is -7.29. The van der Waals surface area contributed by atoms with E-state index in [1.165, 1.54) is 13.4 Å². The second-order valence-electron chi connectivity index (χ2n) is 19.7. The van der Waals surface area contributed by atoms with Gasteiger partial charge in [-0.25, -0.2) is 9.97 Å². The van der Waals surface area contributed by atoms with Crippen LogP contribution in [0.1, 0.15) is 115 Å². The molecule has 5 amide bonds. The van der Waals surface area contributed by atoms with E-state index in [1.54, 1.807) is 23.2 Å². The summed E-state index contributed by atoms with van der Waals surface area (Å²) >= 11 is 0. The minimum Gasteiger partial charge on any atom is -0.494 e. The van der Waals surface area contributed by atoms with Crippen LogP contribution in [-0.4, -0.2) is 154 Å². The van der Waals surface area contributed by atoms with E-state index < -0.39 is 6.04 Å². The number of hydrogen-bond acceptors (Lipinski definition) is 15. The maximum atomic E-state index is 13.3. The molecule has 2 saturated heterocycles. The highest BCUT2D eigenvalue weighted by atomic mass is 16.5. The van der Waals surface area contributed by atoms with Crippen molar-refractivity contribution in [2.24, 2.45) is 7.05 Å². The topological polar surface area (TPSA) is 216 Å². The summed E-state index contributed by atoms with van der Waals surface area (Å²) in [7, 11) is 3.37. The number of nitrogens with one attached hydrogen (secondary N) is 2. The van der Waals surface area contributed by atoms with Crippen molar-refractivity contribution >= 4 is 40.9 Å². The van der Waals surface area contributed by atoms with E-state index in [2.05, 4.69) is 35.7 Å². The summed E-state index contributed by atoms with van der Waals surface area (Å²) in [6, 6.07) is 22.0. The number of likely N-dealkylation sites (tertiary alicyclic amines) is 1. The Bertz CT molecular complexity index is 2770. The lowest BCUT2D eigenvalue weighted by molar-refractivity contribution is -0.150. The Morgan fingerprint density at radius 3 is 2.25 bits per heavy atom. The zero-order valence-corrected chi connectivity index (χ0v) is 44.7. The van der Waals surface area contributed by atoms with Crippen LogP contribution < -0.4 is 20.3 Å². The quantitative estimate of drug-likeness (QED) is 0.0393. The molecule has 8 rings (SSSR count). The number of piperidine rings is 1. The molecule has 77 heavy (non-hydrogen) atoms. The number of likely N-dealkylation sites (N-methyl/N-ethyl adjacent to an activating group) is 1. The number of unbranched alkanes of at least 4 members (excludes halogenated alkanes) is 5. The van der Waals surface area contributed by atoms with E-state index in [-0.39, 0.29) is 42.0 Å². The van der Waals surface area contributed by atoms with Crippen LogP contribution in [-0.2, 0) is 48.7 Å². The van der Waals surface area contributed by atoms with Gasteiger partial charge in [0, 0.05) is 102 Å². The van der Waals surface area contributed by atoms with Crippen LogP contribution in [0.5, 0.6) is 5.75 Å². The normalized spacial score (nSPS) is 16.0. The van der Waals surface area contributed by atoms with Gasteiger partial charge in [0.1, 0.15) is 23.8 Å². The van der Waals surface area contributed by atoms with E-state index in [9.17, 15) is 24.0 Å². The molecule has 2 fully saturated rings. The van der Waals surface area contributed by atoms with Crippen molar-refractivity contribution in [3.05, 3.63) is 113 Å². The van der Waals surface area contributed by atoms with Gasteiger partial charge in [-0.15, -0.1) is 10.2 Å². The summed E-state index contributed by atoms with van der Waals surface area (Å²) in [5, 5.41) is 15.0. The van der Waals surface area contributed by atoms with Gasteiger partial charge in [-0.2, -0.15) is 0 Å². The van der Waals surface area contributed by atoms with Crippen molar-refractivity contribution in [3.8, 4) is 17.3 Å². The third-order valence-corrected chi connectivity index (χ3v) is 14.3. The van der Waals surface area contributed by atoms with E-state index in [0.29, 0.717) is 121 Å². The molecule has 0 spiro atoms. The van der Waals surface area contributed by atoms with E-state index in [0.717, 1.165) is 83.9 Å². The molecule has 0 bridgehead atoms. The molecule has 0 saturated carbocycles. The lowest BCUT2D eigenvalue weighted by atomic mass is 10.0. The van der Waals surface area contributed by atoms with Crippen molar-refractivity contribution in [2.45, 2.75) is 96.3 Å². The van der Waals surface area contributed by atoms with Crippen molar-refractivity contribution in [1.29, 1.82) is 0 Å². The number of carbonyl (C=O) groups is 5. The van der Waals surface area contributed by atoms with Crippen LogP contribution in [0.25, 0.3) is 11.5 Å². The Balaban J connectivity index is 0.588. The maximum absolute atomic E-state index is 13.3. The van der Waals surface area contributed by atoms with E-state index >= 15 is 0 Å². The molecule has 0 radical (unpaired) electrons. The van der Waals surface area contributed by atoms with Gasteiger partial charge in [0.2, 0.25) is 11.8 Å². The van der Waals surface area contributed by atoms with Crippen LogP contribution in [0, 0.1) is 0 Å².